The molecule has 1 aliphatic rings. The van der Waals surface area contributed by atoms with Gasteiger partial charge in [-0.1, -0.05) is 6.58 Å². The fourth-order valence-corrected chi connectivity index (χ4v) is 4.04. The smallest absolute Gasteiger partial charge is 0.398 e. The fourth-order valence-electron chi connectivity index (χ4n) is 4.04. The van der Waals surface area contributed by atoms with Crippen LogP contribution >= 0.6 is 0 Å². The van der Waals surface area contributed by atoms with Gasteiger partial charge in [-0.2, -0.15) is 13.2 Å². The number of rotatable bonds is 8. The lowest BCUT2D eigenvalue weighted by Gasteiger charge is -2.21. The molecule has 1 unspecified atom stereocenters. The number of benzene rings is 1. The number of nitrogen functional groups attached to an aromatic ring is 1. The summed E-state index contributed by atoms with van der Waals surface area (Å²) >= 11 is 0. The molecule has 5 N–H and O–H groups in total. The normalized spacial score (nSPS) is 16.7. The van der Waals surface area contributed by atoms with Crippen molar-refractivity contribution in [3.05, 3.63) is 65.1 Å². The Morgan fingerprint density at radius 2 is 1.97 bits per heavy atom. The molecule has 2 heterocycles. The fraction of sp³-hybridized carbons (Fsp3) is 0.391. The minimum absolute atomic E-state index is 0.116. The molecular formula is C23H29F3N6. The van der Waals surface area contributed by atoms with Crippen LogP contribution in [0.1, 0.15) is 34.5 Å². The molecule has 1 aromatic heterocycles. The van der Waals surface area contributed by atoms with E-state index in [0.29, 0.717) is 43.0 Å². The van der Waals surface area contributed by atoms with Crippen LogP contribution in [0, 0.1) is 19.3 Å². The summed E-state index contributed by atoms with van der Waals surface area (Å²) in [4.78, 5) is 5.76. The van der Waals surface area contributed by atoms with Crippen molar-refractivity contribution in [1.82, 2.24) is 15.2 Å². The van der Waals surface area contributed by atoms with Crippen molar-refractivity contribution in [3.63, 3.8) is 0 Å². The summed E-state index contributed by atoms with van der Waals surface area (Å²) in [6.45, 7) is 7.66. The summed E-state index contributed by atoms with van der Waals surface area (Å²) in [5.41, 5.74) is 11.6. The van der Waals surface area contributed by atoms with Crippen molar-refractivity contribution in [3.8, 4) is 0 Å². The summed E-state index contributed by atoms with van der Waals surface area (Å²) < 4.78 is 38.1. The number of halogens is 3. The third-order valence-electron chi connectivity index (χ3n) is 5.39. The molecule has 1 aromatic carbocycles. The highest BCUT2D eigenvalue weighted by Crippen LogP contribution is 2.29. The van der Waals surface area contributed by atoms with Crippen LogP contribution in [0.2, 0.25) is 0 Å². The van der Waals surface area contributed by atoms with Gasteiger partial charge in [0.05, 0.1) is 12.3 Å². The van der Waals surface area contributed by atoms with Crippen LogP contribution in [0.15, 0.2) is 37.0 Å². The Bertz CT molecular complexity index is 982. The quantitative estimate of drug-likeness (QED) is 0.364. The lowest BCUT2D eigenvalue weighted by Crippen LogP contribution is -2.34. The lowest BCUT2D eigenvalue weighted by atomic mass is 9.97. The van der Waals surface area contributed by atoms with E-state index in [4.69, 9.17) is 11.1 Å². The highest BCUT2D eigenvalue weighted by molar-refractivity contribution is 6.14. The first-order chi connectivity index (χ1) is 15.1. The Kier molecular flexibility index (Phi) is 7.08. The van der Waals surface area contributed by atoms with E-state index in [0.717, 1.165) is 28.2 Å². The van der Waals surface area contributed by atoms with Crippen molar-refractivity contribution < 1.29 is 13.2 Å². The van der Waals surface area contributed by atoms with Gasteiger partial charge in [-0.3, -0.25) is 15.3 Å². The van der Waals surface area contributed by atoms with E-state index >= 15 is 0 Å². The molecule has 0 radical (unpaired) electrons. The van der Waals surface area contributed by atoms with Gasteiger partial charge >= 0.3 is 6.18 Å². The molecule has 1 saturated heterocycles. The number of aromatic nitrogens is 1. The first kappa shape index (κ1) is 23.6. The molecule has 1 fully saturated rings. The number of aryl methyl sites for hydroxylation is 2. The van der Waals surface area contributed by atoms with E-state index in [1.807, 2.05) is 32.0 Å². The summed E-state index contributed by atoms with van der Waals surface area (Å²) in [6.07, 6.45) is -2.02. The van der Waals surface area contributed by atoms with Gasteiger partial charge in [-0.15, -0.1) is 0 Å². The van der Waals surface area contributed by atoms with Crippen molar-refractivity contribution in [2.75, 3.05) is 30.7 Å². The number of pyridine rings is 1. The molecule has 0 spiro atoms. The van der Waals surface area contributed by atoms with Gasteiger partial charge in [0.1, 0.15) is 0 Å². The minimum Gasteiger partial charge on any atom is -0.398 e. The van der Waals surface area contributed by atoms with Crippen LogP contribution in [-0.4, -0.2) is 47.4 Å². The van der Waals surface area contributed by atoms with Gasteiger partial charge in [0, 0.05) is 59.6 Å². The molecule has 6 nitrogen and oxygen atoms in total. The summed E-state index contributed by atoms with van der Waals surface area (Å²) in [5, 5.41) is 15.1. The van der Waals surface area contributed by atoms with Crippen LogP contribution in [0.3, 0.4) is 0 Å². The minimum atomic E-state index is -4.20. The largest absolute Gasteiger partial charge is 0.401 e. The van der Waals surface area contributed by atoms with E-state index < -0.39 is 12.7 Å². The monoisotopic (exact) mass is 446 g/mol. The molecule has 0 aliphatic carbocycles. The van der Waals surface area contributed by atoms with Crippen molar-refractivity contribution >= 4 is 17.1 Å². The predicted molar refractivity (Wildman–Crippen MR) is 122 cm³/mol. The number of nitrogens with one attached hydrogen (secondary N) is 3. The zero-order valence-corrected chi connectivity index (χ0v) is 18.3. The molecule has 0 amide bonds. The number of hydrogen-bond donors (Lipinski definition) is 4. The molecule has 9 heteroatoms. The van der Waals surface area contributed by atoms with E-state index in [1.165, 1.54) is 4.90 Å². The lowest BCUT2D eigenvalue weighted by molar-refractivity contribution is -0.143. The number of nitrogens with two attached hydrogens (primary N) is 1. The third-order valence-corrected chi connectivity index (χ3v) is 5.39. The Hall–Kier alpha value is -3.07. The molecule has 32 heavy (non-hydrogen) atoms. The van der Waals surface area contributed by atoms with Crippen LogP contribution in [-0.2, 0) is 6.54 Å². The van der Waals surface area contributed by atoms with E-state index in [1.54, 1.807) is 12.3 Å². The van der Waals surface area contributed by atoms with Crippen molar-refractivity contribution in [1.29, 1.82) is 5.41 Å². The summed E-state index contributed by atoms with van der Waals surface area (Å²) in [5.74, 6) is 0. The number of alkyl halides is 3. The maximum Gasteiger partial charge on any atom is 0.401 e. The Balaban J connectivity index is 1.85. The first-order valence-corrected chi connectivity index (χ1v) is 10.4. The third kappa shape index (κ3) is 6.00. The zero-order valence-electron chi connectivity index (χ0n) is 18.3. The number of nitrogens with zero attached hydrogens (tertiary/aromatic N) is 2. The Morgan fingerprint density at radius 3 is 2.59 bits per heavy atom. The molecule has 172 valence electrons. The second-order valence-corrected chi connectivity index (χ2v) is 8.18. The molecule has 0 saturated carbocycles. The summed E-state index contributed by atoms with van der Waals surface area (Å²) in [7, 11) is 0. The van der Waals surface area contributed by atoms with Gasteiger partial charge in [0.2, 0.25) is 0 Å². The second kappa shape index (κ2) is 9.60. The van der Waals surface area contributed by atoms with Gasteiger partial charge < -0.3 is 16.4 Å². The predicted octanol–water partition coefficient (Wildman–Crippen LogP) is 3.98. The maximum absolute atomic E-state index is 12.7. The zero-order chi connectivity index (χ0) is 23.5. The van der Waals surface area contributed by atoms with E-state index in [-0.39, 0.29) is 6.04 Å². The molecular weight excluding hydrogens is 417 g/mol. The molecule has 1 aliphatic heterocycles. The average molecular weight is 447 g/mol. The summed E-state index contributed by atoms with van der Waals surface area (Å²) in [6, 6.07) is 7.18. The van der Waals surface area contributed by atoms with E-state index in [2.05, 4.69) is 22.2 Å². The molecule has 1 atom stereocenters. The second-order valence-electron chi connectivity index (χ2n) is 8.18. The van der Waals surface area contributed by atoms with Crippen molar-refractivity contribution in [2.24, 2.45) is 0 Å². The van der Waals surface area contributed by atoms with Crippen molar-refractivity contribution in [2.45, 2.75) is 39.0 Å². The maximum atomic E-state index is 12.7. The number of anilines is 2. The Labute approximate surface area is 186 Å². The molecule has 2 aromatic rings. The van der Waals surface area contributed by atoms with Crippen LogP contribution in [0.5, 0.6) is 0 Å². The highest BCUT2D eigenvalue weighted by atomic mass is 19.4. The van der Waals surface area contributed by atoms with Gasteiger partial charge in [0.25, 0.3) is 0 Å². The SMILES string of the molecule is C=CNCc1cc(C(=N)c2cc(C)nc(C)c2)c(N)cc1NC1CCN(CC(F)(F)F)C1. The molecule has 0 bridgehead atoms. The van der Waals surface area contributed by atoms with Crippen LogP contribution in [0.4, 0.5) is 24.5 Å². The number of likely N-dealkylation sites (tertiary alicyclic amines) is 1. The van der Waals surface area contributed by atoms with Gasteiger partial charge in [0.15, 0.2) is 0 Å². The van der Waals surface area contributed by atoms with Crippen LogP contribution < -0.4 is 16.4 Å². The highest BCUT2D eigenvalue weighted by Gasteiger charge is 2.34. The van der Waals surface area contributed by atoms with Crippen LogP contribution in [0.25, 0.3) is 0 Å². The van der Waals surface area contributed by atoms with Gasteiger partial charge in [-0.05, 0) is 56.3 Å². The first-order valence-electron chi connectivity index (χ1n) is 10.4. The number of hydrogen-bond acceptors (Lipinski definition) is 6. The Morgan fingerprint density at radius 1 is 1.28 bits per heavy atom. The van der Waals surface area contributed by atoms with E-state index in [9.17, 15) is 13.2 Å². The van der Waals surface area contributed by atoms with Gasteiger partial charge in [-0.25, -0.2) is 0 Å². The topological polar surface area (TPSA) is 90.1 Å². The molecule has 3 rings (SSSR count). The standard InChI is InChI=1S/C23H29F3N6/c1-4-29-11-17-9-19(22(28)16-7-14(2)30-15(3)8-16)20(27)10-21(17)31-18-5-6-32(12-18)13-23(24,25)26/h4,7-10,18,28-29,31H,1,5-6,11-13,27H2,2-3H3. The average Bonchev–Trinajstić information content (AvgIpc) is 3.11.